The maximum atomic E-state index is 8.65. The molecule has 4 nitrogen and oxygen atoms in total. The minimum atomic E-state index is 0.224. The zero-order valence-electron chi connectivity index (χ0n) is 8.66. The molecule has 1 aromatic rings. The molecule has 0 aliphatic heterocycles. The normalized spacial score (nSPS) is 10.2. The van der Waals surface area contributed by atoms with Crippen LogP contribution in [0.1, 0.15) is 24.2 Å². The number of methoxy groups -OCH3 is 1. The van der Waals surface area contributed by atoms with Crippen LogP contribution in [0.5, 0.6) is 5.88 Å². The van der Waals surface area contributed by atoms with Gasteiger partial charge in [0.05, 0.1) is 12.8 Å². The number of unbranched alkanes of at least 4 members (excludes halogenated alkanes) is 1. The largest absolute Gasteiger partial charge is 0.480 e. The van der Waals surface area contributed by atoms with E-state index >= 15 is 0 Å². The Kier molecular flexibility index (Phi) is 4.32. The summed E-state index contributed by atoms with van der Waals surface area (Å²) in [5, 5.41) is 8.65. The van der Waals surface area contributed by atoms with Gasteiger partial charge in [-0.25, -0.2) is 4.98 Å². The van der Waals surface area contributed by atoms with Gasteiger partial charge in [-0.2, -0.15) is 0 Å². The Labute approximate surface area is 84.0 Å². The molecule has 0 bridgehead atoms. The van der Waals surface area contributed by atoms with E-state index in [1.807, 2.05) is 6.92 Å². The fourth-order valence-electron chi connectivity index (χ4n) is 1.22. The molecule has 0 fully saturated rings. The number of rotatable bonds is 5. The molecule has 1 aromatic heterocycles. The van der Waals surface area contributed by atoms with Crippen molar-refractivity contribution >= 4 is 0 Å². The quantitative estimate of drug-likeness (QED) is 0.717. The van der Waals surface area contributed by atoms with Crippen LogP contribution in [-0.4, -0.2) is 28.8 Å². The molecular formula is C10H16N2O2. The lowest BCUT2D eigenvalue weighted by molar-refractivity contribution is 0.284. The Hall–Kier alpha value is -1.16. The number of aliphatic hydroxyl groups is 1. The second kappa shape index (κ2) is 5.54. The predicted molar refractivity (Wildman–Crippen MR) is 53.3 cm³/mol. The van der Waals surface area contributed by atoms with Gasteiger partial charge in [0.25, 0.3) is 0 Å². The zero-order valence-corrected chi connectivity index (χ0v) is 8.66. The fourth-order valence-corrected chi connectivity index (χ4v) is 1.22. The smallest absolute Gasteiger partial charge is 0.235 e. The van der Waals surface area contributed by atoms with Crippen molar-refractivity contribution in [2.24, 2.45) is 0 Å². The highest BCUT2D eigenvalue weighted by Gasteiger charge is 2.05. The van der Waals surface area contributed by atoms with Crippen LogP contribution in [0.4, 0.5) is 0 Å². The second-order valence-electron chi connectivity index (χ2n) is 3.15. The van der Waals surface area contributed by atoms with Gasteiger partial charge in [0.15, 0.2) is 0 Å². The van der Waals surface area contributed by atoms with Crippen LogP contribution >= 0.6 is 0 Å². The summed E-state index contributed by atoms with van der Waals surface area (Å²) in [5.41, 5.74) is 1.72. The summed E-state index contributed by atoms with van der Waals surface area (Å²) in [6.45, 7) is 2.11. The first-order valence-corrected chi connectivity index (χ1v) is 4.75. The first kappa shape index (κ1) is 10.9. The summed E-state index contributed by atoms with van der Waals surface area (Å²) < 4.78 is 5.12. The van der Waals surface area contributed by atoms with Crippen LogP contribution in [-0.2, 0) is 6.42 Å². The third kappa shape index (κ3) is 2.96. The lowest BCUT2D eigenvalue weighted by Crippen LogP contribution is -2.00. The van der Waals surface area contributed by atoms with Gasteiger partial charge in [-0.15, -0.1) is 0 Å². The standard InChI is InChI=1S/C10H16N2O2/c1-8-7-11-9(5-3-4-6-13)10(12-8)14-2/h7,13H,3-6H2,1-2H3. The number of aliphatic hydroxyl groups excluding tert-OH is 1. The third-order valence-electron chi connectivity index (χ3n) is 1.95. The molecular weight excluding hydrogens is 180 g/mol. The monoisotopic (exact) mass is 196 g/mol. The van der Waals surface area contributed by atoms with Gasteiger partial charge < -0.3 is 9.84 Å². The summed E-state index contributed by atoms with van der Waals surface area (Å²) in [7, 11) is 1.60. The van der Waals surface area contributed by atoms with E-state index in [4.69, 9.17) is 9.84 Å². The lowest BCUT2D eigenvalue weighted by Gasteiger charge is -2.06. The first-order valence-electron chi connectivity index (χ1n) is 4.75. The molecule has 0 atom stereocenters. The molecule has 0 saturated carbocycles. The predicted octanol–water partition coefficient (Wildman–Crippen LogP) is 1.11. The van der Waals surface area contributed by atoms with E-state index in [0.29, 0.717) is 5.88 Å². The molecule has 1 heterocycles. The molecule has 0 radical (unpaired) electrons. The highest BCUT2D eigenvalue weighted by molar-refractivity contribution is 5.19. The molecule has 0 saturated heterocycles. The Morgan fingerprint density at radius 2 is 2.21 bits per heavy atom. The van der Waals surface area contributed by atoms with Crippen LogP contribution in [0, 0.1) is 6.92 Å². The average Bonchev–Trinajstić information content (AvgIpc) is 2.20. The minimum absolute atomic E-state index is 0.224. The van der Waals surface area contributed by atoms with Gasteiger partial charge in [0.1, 0.15) is 5.69 Å². The summed E-state index contributed by atoms with van der Waals surface area (Å²) in [5.74, 6) is 0.600. The Morgan fingerprint density at radius 1 is 1.43 bits per heavy atom. The zero-order chi connectivity index (χ0) is 10.4. The number of aromatic nitrogens is 2. The molecule has 1 N–H and O–H groups in total. The summed E-state index contributed by atoms with van der Waals surface area (Å²) in [6.07, 6.45) is 4.23. The molecule has 0 unspecified atom stereocenters. The van der Waals surface area contributed by atoms with Crippen molar-refractivity contribution in [3.63, 3.8) is 0 Å². The van der Waals surface area contributed by atoms with Crippen molar-refractivity contribution in [1.82, 2.24) is 9.97 Å². The highest BCUT2D eigenvalue weighted by Crippen LogP contribution is 2.14. The highest BCUT2D eigenvalue weighted by atomic mass is 16.5. The first-order chi connectivity index (χ1) is 6.77. The van der Waals surface area contributed by atoms with E-state index in [2.05, 4.69) is 9.97 Å². The van der Waals surface area contributed by atoms with Crippen LogP contribution in [0.2, 0.25) is 0 Å². The third-order valence-corrected chi connectivity index (χ3v) is 1.95. The van der Waals surface area contributed by atoms with E-state index < -0.39 is 0 Å². The van der Waals surface area contributed by atoms with Gasteiger partial charge in [-0.1, -0.05) is 0 Å². The number of nitrogens with zero attached hydrogens (tertiary/aromatic N) is 2. The number of hydrogen-bond donors (Lipinski definition) is 1. The fraction of sp³-hybridized carbons (Fsp3) is 0.600. The van der Waals surface area contributed by atoms with Gasteiger partial charge in [0, 0.05) is 12.8 Å². The van der Waals surface area contributed by atoms with Crippen LogP contribution in [0.3, 0.4) is 0 Å². The van der Waals surface area contributed by atoms with E-state index in [1.165, 1.54) is 0 Å². The second-order valence-corrected chi connectivity index (χ2v) is 3.15. The van der Waals surface area contributed by atoms with Crippen molar-refractivity contribution in [3.8, 4) is 5.88 Å². The minimum Gasteiger partial charge on any atom is -0.480 e. The number of hydrogen-bond acceptors (Lipinski definition) is 4. The van der Waals surface area contributed by atoms with Crippen LogP contribution < -0.4 is 4.74 Å². The van der Waals surface area contributed by atoms with Gasteiger partial charge in [-0.05, 0) is 26.2 Å². The van der Waals surface area contributed by atoms with E-state index in [-0.39, 0.29) is 6.61 Å². The number of aryl methyl sites for hydroxylation is 2. The van der Waals surface area contributed by atoms with Crippen LogP contribution in [0.15, 0.2) is 6.20 Å². The molecule has 0 spiro atoms. The van der Waals surface area contributed by atoms with Crippen molar-refractivity contribution in [2.45, 2.75) is 26.2 Å². The summed E-state index contributed by atoms with van der Waals surface area (Å²) in [6, 6.07) is 0. The molecule has 0 amide bonds. The van der Waals surface area contributed by atoms with E-state index in [1.54, 1.807) is 13.3 Å². The summed E-state index contributed by atoms with van der Waals surface area (Å²) >= 11 is 0. The van der Waals surface area contributed by atoms with Crippen molar-refractivity contribution in [2.75, 3.05) is 13.7 Å². The Morgan fingerprint density at radius 3 is 2.86 bits per heavy atom. The van der Waals surface area contributed by atoms with Crippen LogP contribution in [0.25, 0.3) is 0 Å². The maximum absolute atomic E-state index is 8.65. The Balaban J connectivity index is 2.65. The average molecular weight is 196 g/mol. The molecule has 78 valence electrons. The molecule has 0 aliphatic rings. The summed E-state index contributed by atoms with van der Waals surface area (Å²) in [4.78, 5) is 8.47. The van der Waals surface area contributed by atoms with E-state index in [9.17, 15) is 0 Å². The lowest BCUT2D eigenvalue weighted by atomic mass is 10.2. The van der Waals surface area contributed by atoms with E-state index in [0.717, 1.165) is 30.7 Å². The SMILES string of the molecule is COc1nc(C)cnc1CCCCO. The topological polar surface area (TPSA) is 55.2 Å². The van der Waals surface area contributed by atoms with Gasteiger partial charge in [-0.3, -0.25) is 4.98 Å². The van der Waals surface area contributed by atoms with Gasteiger partial charge in [0.2, 0.25) is 5.88 Å². The molecule has 4 heteroatoms. The van der Waals surface area contributed by atoms with Crippen molar-refractivity contribution < 1.29 is 9.84 Å². The number of ether oxygens (including phenoxy) is 1. The molecule has 0 aromatic carbocycles. The van der Waals surface area contributed by atoms with Crippen molar-refractivity contribution in [1.29, 1.82) is 0 Å². The Bertz CT molecular complexity index is 289. The molecule has 0 aliphatic carbocycles. The maximum Gasteiger partial charge on any atom is 0.235 e. The van der Waals surface area contributed by atoms with Crippen molar-refractivity contribution in [3.05, 3.63) is 17.6 Å². The molecule has 14 heavy (non-hydrogen) atoms. The van der Waals surface area contributed by atoms with Gasteiger partial charge >= 0.3 is 0 Å². The molecule has 1 rings (SSSR count).